The Labute approximate surface area is 106 Å². The van der Waals surface area contributed by atoms with Gasteiger partial charge in [0.1, 0.15) is 0 Å². The van der Waals surface area contributed by atoms with Crippen LogP contribution in [0.1, 0.15) is 24.8 Å². The summed E-state index contributed by atoms with van der Waals surface area (Å²) < 4.78 is 0. The molecular formula is C14H15N3O. The van der Waals surface area contributed by atoms with Gasteiger partial charge in [0, 0.05) is 12.2 Å². The molecule has 1 aliphatic carbocycles. The molecule has 1 saturated carbocycles. The van der Waals surface area contributed by atoms with Crippen LogP contribution in [0.25, 0.3) is 0 Å². The van der Waals surface area contributed by atoms with Crippen molar-refractivity contribution in [1.29, 1.82) is 0 Å². The van der Waals surface area contributed by atoms with E-state index in [4.69, 9.17) is 0 Å². The number of carbonyl (C=O) groups excluding carboxylic acids is 1. The third kappa shape index (κ3) is 1.75. The molecule has 1 aliphatic heterocycles. The average molecular weight is 241 g/mol. The maximum atomic E-state index is 10.5. The molecular weight excluding hydrogens is 226 g/mol. The lowest BCUT2D eigenvalue weighted by molar-refractivity contribution is 0.256. The number of nitrogens with zero attached hydrogens (tertiary/aromatic N) is 3. The fourth-order valence-electron chi connectivity index (χ4n) is 2.60. The van der Waals surface area contributed by atoms with Crippen LogP contribution in [0, 0.1) is 0 Å². The van der Waals surface area contributed by atoms with E-state index in [0.717, 1.165) is 43.6 Å². The van der Waals surface area contributed by atoms with E-state index >= 15 is 0 Å². The smallest absolute Gasteiger partial charge is 0.235 e. The first-order valence-corrected chi connectivity index (χ1v) is 6.30. The number of aliphatic imine (C=N–C) groups is 2. The zero-order valence-corrected chi connectivity index (χ0v) is 10.2. The molecule has 1 aromatic rings. The van der Waals surface area contributed by atoms with Crippen molar-refractivity contribution in [2.75, 3.05) is 18.0 Å². The molecule has 3 rings (SSSR count). The Bertz CT molecular complexity index is 510. The van der Waals surface area contributed by atoms with Crippen molar-refractivity contribution in [2.24, 2.45) is 9.98 Å². The number of isocyanates is 1. The second-order valence-corrected chi connectivity index (χ2v) is 4.85. The highest BCUT2D eigenvalue weighted by Gasteiger charge is 2.38. The molecule has 0 amide bonds. The Morgan fingerprint density at radius 2 is 2.06 bits per heavy atom. The second-order valence-electron chi connectivity index (χ2n) is 4.85. The summed E-state index contributed by atoms with van der Waals surface area (Å²) in [4.78, 5) is 20.9. The summed E-state index contributed by atoms with van der Waals surface area (Å²) >= 11 is 0. The molecule has 0 aromatic heterocycles. The molecule has 2 aliphatic rings. The van der Waals surface area contributed by atoms with Gasteiger partial charge in [0.25, 0.3) is 0 Å². The highest BCUT2D eigenvalue weighted by molar-refractivity contribution is 5.80. The lowest BCUT2D eigenvalue weighted by atomic mass is 9.72. The molecule has 0 N–H and O–H groups in total. The lowest BCUT2D eigenvalue weighted by Gasteiger charge is -2.37. The lowest BCUT2D eigenvalue weighted by Crippen LogP contribution is -2.31. The fourth-order valence-corrected chi connectivity index (χ4v) is 2.60. The van der Waals surface area contributed by atoms with Crippen molar-refractivity contribution < 1.29 is 4.79 Å². The number of anilines is 1. The van der Waals surface area contributed by atoms with E-state index in [-0.39, 0.29) is 5.54 Å². The van der Waals surface area contributed by atoms with Crippen molar-refractivity contribution in [2.45, 2.75) is 24.8 Å². The Morgan fingerprint density at radius 1 is 1.28 bits per heavy atom. The van der Waals surface area contributed by atoms with E-state index in [1.165, 1.54) is 0 Å². The van der Waals surface area contributed by atoms with Crippen LogP contribution in [0.5, 0.6) is 0 Å². The Balaban J connectivity index is 1.86. The van der Waals surface area contributed by atoms with Gasteiger partial charge in [-0.2, -0.15) is 4.99 Å². The quantitative estimate of drug-likeness (QED) is 0.602. The normalized spacial score (nSPS) is 20.3. The van der Waals surface area contributed by atoms with E-state index in [1.54, 1.807) is 6.08 Å². The predicted molar refractivity (Wildman–Crippen MR) is 70.8 cm³/mol. The average Bonchev–Trinajstić information content (AvgIpc) is 2.88. The zero-order chi connectivity index (χ0) is 12.4. The minimum Gasteiger partial charge on any atom is -0.331 e. The number of benzene rings is 1. The molecule has 4 heteroatoms. The third-order valence-corrected chi connectivity index (χ3v) is 3.87. The minimum absolute atomic E-state index is 0.292. The molecule has 0 atom stereocenters. The zero-order valence-electron chi connectivity index (χ0n) is 10.2. The van der Waals surface area contributed by atoms with Crippen LogP contribution in [0.4, 0.5) is 5.69 Å². The molecule has 0 unspecified atom stereocenters. The Kier molecular flexibility index (Phi) is 2.73. The third-order valence-electron chi connectivity index (χ3n) is 3.87. The van der Waals surface area contributed by atoms with Gasteiger partial charge >= 0.3 is 0 Å². The van der Waals surface area contributed by atoms with Crippen LogP contribution in [0.2, 0.25) is 0 Å². The van der Waals surface area contributed by atoms with Gasteiger partial charge in [-0.15, -0.1) is 0 Å². The summed E-state index contributed by atoms with van der Waals surface area (Å²) in [6, 6.07) is 8.29. The first-order chi connectivity index (χ1) is 8.84. The first-order valence-electron chi connectivity index (χ1n) is 6.30. The molecule has 1 heterocycles. The molecule has 18 heavy (non-hydrogen) atoms. The van der Waals surface area contributed by atoms with Gasteiger partial charge in [-0.3, -0.25) is 4.99 Å². The van der Waals surface area contributed by atoms with Crippen molar-refractivity contribution >= 4 is 18.1 Å². The summed E-state index contributed by atoms with van der Waals surface area (Å²) in [5.74, 6) is 0. The first kappa shape index (κ1) is 11.2. The van der Waals surface area contributed by atoms with Gasteiger partial charge < -0.3 is 4.90 Å². The highest BCUT2D eigenvalue weighted by atomic mass is 16.1. The molecule has 1 aromatic carbocycles. The van der Waals surface area contributed by atoms with Crippen LogP contribution in [0.15, 0.2) is 34.3 Å². The van der Waals surface area contributed by atoms with E-state index in [2.05, 4.69) is 39.2 Å². The van der Waals surface area contributed by atoms with Gasteiger partial charge in [-0.1, -0.05) is 12.1 Å². The fraction of sp³-hybridized carbons (Fsp3) is 0.429. The number of rotatable bonds is 3. The van der Waals surface area contributed by atoms with Crippen LogP contribution in [-0.4, -0.2) is 25.5 Å². The van der Waals surface area contributed by atoms with Crippen LogP contribution < -0.4 is 4.90 Å². The summed E-state index contributed by atoms with van der Waals surface area (Å²) in [6.07, 6.45) is 6.63. The van der Waals surface area contributed by atoms with E-state index in [1.807, 2.05) is 6.34 Å². The van der Waals surface area contributed by atoms with Crippen molar-refractivity contribution in [3.63, 3.8) is 0 Å². The number of hydrogen-bond donors (Lipinski definition) is 0. The van der Waals surface area contributed by atoms with Crippen LogP contribution >= 0.6 is 0 Å². The minimum atomic E-state index is -0.292. The van der Waals surface area contributed by atoms with Gasteiger partial charge in [0.05, 0.1) is 18.4 Å². The topological polar surface area (TPSA) is 45.0 Å². The summed E-state index contributed by atoms with van der Waals surface area (Å²) in [5, 5.41) is 0. The SMILES string of the molecule is O=C=NC1(c2ccc(N3C=NCC3)cc2)CCC1. The molecule has 0 spiro atoms. The van der Waals surface area contributed by atoms with Gasteiger partial charge in [-0.05, 0) is 37.0 Å². The second kappa shape index (κ2) is 4.39. The molecule has 0 radical (unpaired) electrons. The molecule has 92 valence electrons. The largest absolute Gasteiger partial charge is 0.331 e. The molecule has 0 saturated heterocycles. The maximum Gasteiger partial charge on any atom is 0.235 e. The van der Waals surface area contributed by atoms with Crippen molar-refractivity contribution in [3.05, 3.63) is 29.8 Å². The van der Waals surface area contributed by atoms with E-state index < -0.39 is 0 Å². The van der Waals surface area contributed by atoms with Crippen LogP contribution in [0.3, 0.4) is 0 Å². The summed E-state index contributed by atoms with van der Waals surface area (Å²) in [6.45, 7) is 1.80. The monoisotopic (exact) mass is 241 g/mol. The van der Waals surface area contributed by atoms with Gasteiger partial charge in [0.15, 0.2) is 0 Å². The Morgan fingerprint density at radius 3 is 2.56 bits per heavy atom. The summed E-state index contributed by atoms with van der Waals surface area (Å²) in [5.41, 5.74) is 1.97. The predicted octanol–water partition coefficient (Wildman–Crippen LogP) is 2.25. The number of hydrogen-bond acceptors (Lipinski definition) is 4. The maximum absolute atomic E-state index is 10.5. The van der Waals surface area contributed by atoms with E-state index in [0.29, 0.717) is 0 Å². The summed E-state index contributed by atoms with van der Waals surface area (Å²) in [7, 11) is 0. The van der Waals surface area contributed by atoms with Crippen molar-refractivity contribution in [3.8, 4) is 0 Å². The Hall–Kier alpha value is -1.93. The molecule has 0 bridgehead atoms. The molecule has 4 nitrogen and oxygen atoms in total. The highest BCUT2D eigenvalue weighted by Crippen LogP contribution is 2.44. The van der Waals surface area contributed by atoms with Gasteiger partial charge in [-0.25, -0.2) is 4.79 Å². The van der Waals surface area contributed by atoms with E-state index in [9.17, 15) is 4.79 Å². The van der Waals surface area contributed by atoms with Crippen LogP contribution in [-0.2, 0) is 10.3 Å². The van der Waals surface area contributed by atoms with Crippen molar-refractivity contribution in [1.82, 2.24) is 0 Å². The molecule has 1 fully saturated rings. The van der Waals surface area contributed by atoms with Gasteiger partial charge in [0.2, 0.25) is 6.08 Å². The standard InChI is InChI=1S/C14H15N3O/c18-11-16-14(6-1-7-14)12-2-4-13(5-3-12)17-9-8-15-10-17/h2-5,10H,1,6-9H2.